The maximum Gasteiger partial charge on any atom is 0.433 e. The molecule has 0 N–H and O–H groups in total. The lowest BCUT2D eigenvalue weighted by molar-refractivity contribution is -0.141. The van der Waals surface area contributed by atoms with Gasteiger partial charge >= 0.3 is 6.18 Å². The molecule has 2 rings (SSSR count). The van der Waals surface area contributed by atoms with Crippen LogP contribution < -0.4 is 9.80 Å². The topological polar surface area (TPSA) is 32.3 Å². The summed E-state index contributed by atoms with van der Waals surface area (Å²) in [5.41, 5.74) is -0.826. The molecule has 0 aromatic carbocycles. The number of piperidine rings is 1. The lowest BCUT2D eigenvalue weighted by atomic mass is 9.84. The first-order chi connectivity index (χ1) is 9.58. The summed E-state index contributed by atoms with van der Waals surface area (Å²) in [4.78, 5) is 11.4. The standard InChI is InChI=1S/C14H21F3N4/c1-13(2)6-5-7-21(9-13)12-18-10(14(15,16)17)8-11(19-12)20(3)4/h8H,5-7,9H2,1-4H3. The molecule has 0 bridgehead atoms. The lowest BCUT2D eigenvalue weighted by Gasteiger charge is -2.38. The molecule has 0 saturated carbocycles. The molecule has 1 aliphatic heterocycles. The number of rotatable bonds is 2. The predicted octanol–water partition coefficient (Wildman–Crippen LogP) is 3.19. The molecule has 7 heteroatoms. The van der Waals surface area contributed by atoms with Crippen LogP contribution in [0.15, 0.2) is 6.07 Å². The molecule has 21 heavy (non-hydrogen) atoms. The van der Waals surface area contributed by atoms with Crippen molar-refractivity contribution in [1.82, 2.24) is 9.97 Å². The van der Waals surface area contributed by atoms with Crippen LogP contribution in [0, 0.1) is 5.41 Å². The van der Waals surface area contributed by atoms with Gasteiger partial charge in [-0.1, -0.05) is 13.8 Å². The molecule has 0 atom stereocenters. The van der Waals surface area contributed by atoms with E-state index in [4.69, 9.17) is 0 Å². The van der Waals surface area contributed by atoms with E-state index in [-0.39, 0.29) is 17.2 Å². The van der Waals surface area contributed by atoms with Crippen LogP contribution in [0.25, 0.3) is 0 Å². The molecule has 0 aliphatic carbocycles. The smallest absolute Gasteiger partial charge is 0.363 e. The van der Waals surface area contributed by atoms with Crippen LogP contribution in [-0.4, -0.2) is 37.2 Å². The van der Waals surface area contributed by atoms with Crippen LogP contribution in [0.1, 0.15) is 32.4 Å². The van der Waals surface area contributed by atoms with Crippen molar-refractivity contribution in [2.45, 2.75) is 32.9 Å². The Balaban J connectivity index is 2.40. The Morgan fingerprint density at radius 2 is 1.90 bits per heavy atom. The molecule has 0 spiro atoms. The highest BCUT2D eigenvalue weighted by molar-refractivity contribution is 5.46. The molecule has 118 valence electrons. The van der Waals surface area contributed by atoms with Gasteiger partial charge in [0, 0.05) is 33.3 Å². The van der Waals surface area contributed by atoms with Gasteiger partial charge in [0.15, 0.2) is 5.69 Å². The number of anilines is 2. The molecular formula is C14H21F3N4. The van der Waals surface area contributed by atoms with Gasteiger partial charge in [-0.2, -0.15) is 18.2 Å². The SMILES string of the molecule is CN(C)c1cc(C(F)(F)F)nc(N2CCCC(C)(C)C2)n1. The van der Waals surface area contributed by atoms with Crippen LogP contribution in [0.4, 0.5) is 24.9 Å². The van der Waals surface area contributed by atoms with Crippen LogP contribution in [0.2, 0.25) is 0 Å². The van der Waals surface area contributed by atoms with Gasteiger partial charge in [-0.05, 0) is 18.3 Å². The van der Waals surface area contributed by atoms with E-state index in [2.05, 4.69) is 23.8 Å². The van der Waals surface area contributed by atoms with Gasteiger partial charge in [0.05, 0.1) is 0 Å². The fraction of sp³-hybridized carbons (Fsp3) is 0.714. The van der Waals surface area contributed by atoms with Gasteiger partial charge in [0.2, 0.25) is 5.95 Å². The number of hydrogen-bond acceptors (Lipinski definition) is 4. The van der Waals surface area contributed by atoms with Crippen LogP contribution in [0.3, 0.4) is 0 Å². The Morgan fingerprint density at radius 3 is 2.43 bits per heavy atom. The first-order valence-corrected chi connectivity index (χ1v) is 6.97. The Bertz CT molecular complexity index is 511. The second kappa shape index (κ2) is 5.35. The minimum absolute atomic E-state index is 0.0636. The number of nitrogens with zero attached hydrogens (tertiary/aromatic N) is 4. The number of hydrogen-bond donors (Lipinski definition) is 0. The quantitative estimate of drug-likeness (QED) is 0.840. The molecule has 1 aromatic heterocycles. The number of alkyl halides is 3. The van der Waals surface area contributed by atoms with Crippen LogP contribution in [-0.2, 0) is 6.18 Å². The summed E-state index contributed by atoms with van der Waals surface area (Å²) in [5.74, 6) is 0.442. The van der Waals surface area contributed by atoms with Gasteiger partial charge in [0.25, 0.3) is 0 Å². The molecule has 1 aliphatic rings. The monoisotopic (exact) mass is 302 g/mol. The van der Waals surface area contributed by atoms with Crippen LogP contribution in [0.5, 0.6) is 0 Å². The van der Waals surface area contributed by atoms with Crippen molar-refractivity contribution in [3.05, 3.63) is 11.8 Å². The average Bonchev–Trinajstić information content (AvgIpc) is 2.36. The molecule has 0 amide bonds. The summed E-state index contributed by atoms with van der Waals surface area (Å²) in [6.07, 6.45) is -2.47. The van der Waals surface area contributed by atoms with E-state index in [1.54, 1.807) is 19.0 Å². The van der Waals surface area contributed by atoms with Crippen LogP contribution >= 0.6 is 0 Å². The zero-order chi connectivity index (χ0) is 15.8. The van der Waals surface area contributed by atoms with Gasteiger partial charge in [-0.15, -0.1) is 0 Å². The Labute approximate surface area is 123 Å². The molecule has 1 aromatic rings. The number of aromatic nitrogens is 2. The highest BCUT2D eigenvalue weighted by Gasteiger charge is 2.35. The second-order valence-corrected chi connectivity index (χ2v) is 6.49. The highest BCUT2D eigenvalue weighted by Crippen LogP contribution is 2.34. The third-order valence-corrected chi connectivity index (χ3v) is 3.63. The maximum absolute atomic E-state index is 13.0. The summed E-state index contributed by atoms with van der Waals surface area (Å²) in [5, 5.41) is 0. The van der Waals surface area contributed by atoms with E-state index < -0.39 is 11.9 Å². The molecule has 0 radical (unpaired) electrons. The van der Waals surface area contributed by atoms with Gasteiger partial charge < -0.3 is 9.80 Å². The fourth-order valence-corrected chi connectivity index (χ4v) is 2.53. The minimum atomic E-state index is -4.46. The maximum atomic E-state index is 13.0. The van der Waals surface area contributed by atoms with Crippen molar-refractivity contribution >= 4 is 11.8 Å². The minimum Gasteiger partial charge on any atom is -0.363 e. The summed E-state index contributed by atoms with van der Waals surface area (Å²) in [6.45, 7) is 5.58. The molecular weight excluding hydrogens is 281 g/mol. The van der Waals surface area contributed by atoms with E-state index in [0.717, 1.165) is 18.9 Å². The third kappa shape index (κ3) is 3.77. The Kier molecular flexibility index (Phi) is 4.04. The third-order valence-electron chi connectivity index (χ3n) is 3.63. The molecule has 0 unspecified atom stereocenters. The Morgan fingerprint density at radius 1 is 1.24 bits per heavy atom. The average molecular weight is 302 g/mol. The van der Waals surface area contributed by atoms with Crippen molar-refractivity contribution in [3.8, 4) is 0 Å². The summed E-state index contributed by atoms with van der Waals surface area (Å²) in [6, 6.07) is 0.985. The van der Waals surface area contributed by atoms with Gasteiger partial charge in [0.1, 0.15) is 5.82 Å². The fourth-order valence-electron chi connectivity index (χ4n) is 2.53. The Hall–Kier alpha value is -1.53. The summed E-state index contributed by atoms with van der Waals surface area (Å²) >= 11 is 0. The predicted molar refractivity (Wildman–Crippen MR) is 76.6 cm³/mol. The normalized spacial score (nSPS) is 18.7. The van der Waals surface area contributed by atoms with E-state index in [1.807, 2.05) is 4.90 Å². The first-order valence-electron chi connectivity index (χ1n) is 6.97. The first kappa shape index (κ1) is 15.9. The second-order valence-electron chi connectivity index (χ2n) is 6.49. The number of halogens is 3. The van der Waals surface area contributed by atoms with E-state index in [9.17, 15) is 13.2 Å². The molecule has 1 fully saturated rings. The summed E-state index contributed by atoms with van der Waals surface area (Å²) in [7, 11) is 3.35. The van der Waals surface area contributed by atoms with Crippen molar-refractivity contribution in [1.29, 1.82) is 0 Å². The van der Waals surface area contributed by atoms with E-state index >= 15 is 0 Å². The van der Waals surface area contributed by atoms with Gasteiger partial charge in [-0.25, -0.2) is 4.98 Å². The van der Waals surface area contributed by atoms with Gasteiger partial charge in [-0.3, -0.25) is 0 Å². The molecule has 1 saturated heterocycles. The van der Waals surface area contributed by atoms with Crippen molar-refractivity contribution in [3.63, 3.8) is 0 Å². The molecule has 2 heterocycles. The van der Waals surface area contributed by atoms with E-state index in [0.29, 0.717) is 13.1 Å². The molecule has 4 nitrogen and oxygen atoms in total. The largest absolute Gasteiger partial charge is 0.433 e. The van der Waals surface area contributed by atoms with E-state index in [1.165, 1.54) is 0 Å². The lowest BCUT2D eigenvalue weighted by Crippen LogP contribution is -2.41. The van der Waals surface area contributed by atoms with Crippen molar-refractivity contribution in [2.75, 3.05) is 37.0 Å². The zero-order valence-corrected chi connectivity index (χ0v) is 12.8. The van der Waals surface area contributed by atoms with Crippen molar-refractivity contribution in [2.24, 2.45) is 5.41 Å². The zero-order valence-electron chi connectivity index (χ0n) is 12.8. The summed E-state index contributed by atoms with van der Waals surface area (Å²) < 4.78 is 39.0. The highest BCUT2D eigenvalue weighted by atomic mass is 19.4. The van der Waals surface area contributed by atoms with Crippen molar-refractivity contribution < 1.29 is 13.2 Å².